The Kier molecular flexibility index (Phi) is 5.32. The number of hydrogen-bond acceptors (Lipinski definition) is 4. The van der Waals surface area contributed by atoms with Gasteiger partial charge in [-0.25, -0.2) is 0 Å². The van der Waals surface area contributed by atoms with E-state index in [4.69, 9.17) is 0 Å². The number of nitrogens with zero attached hydrogens (tertiary/aromatic N) is 2. The maximum absolute atomic E-state index is 12.4. The molecule has 2 aromatic heterocycles. The highest BCUT2D eigenvalue weighted by Gasteiger charge is 2.16. The quantitative estimate of drug-likeness (QED) is 0.676. The molecule has 0 aliphatic heterocycles. The number of rotatable bonds is 6. The summed E-state index contributed by atoms with van der Waals surface area (Å²) in [6, 6.07) is 9.38. The smallest absolute Gasteiger partial charge is 0.251 e. The lowest BCUT2D eigenvalue weighted by Crippen LogP contribution is -2.33. The Bertz CT molecular complexity index is 911. The van der Waals surface area contributed by atoms with E-state index in [0.717, 1.165) is 17.5 Å². The van der Waals surface area contributed by atoms with E-state index >= 15 is 0 Å². The van der Waals surface area contributed by atoms with E-state index in [1.54, 1.807) is 41.4 Å². The summed E-state index contributed by atoms with van der Waals surface area (Å²) < 4.78 is 1.57. The molecule has 5 nitrogen and oxygen atoms in total. The molecular weight excluding hydrogens is 346 g/mol. The highest BCUT2D eigenvalue weighted by molar-refractivity contribution is 7.07. The van der Waals surface area contributed by atoms with Crippen LogP contribution in [0.3, 0.4) is 0 Å². The van der Waals surface area contributed by atoms with Crippen LogP contribution in [0, 0.1) is 0 Å². The standard InChI is InChI=1S/C20H21N3O2S/c1-13(10-15-8-9-26-12-15)22-20(25)17-6-4-16(5-7-17)18-11-21-23(3)19(18)14(2)24/h4-9,11-13H,10H2,1-3H3,(H,22,25)/t13-/m1/s1. The van der Waals surface area contributed by atoms with Gasteiger partial charge in [0, 0.05) is 31.1 Å². The van der Waals surface area contributed by atoms with Crippen molar-refractivity contribution in [1.29, 1.82) is 0 Å². The average Bonchev–Trinajstić information content (AvgIpc) is 3.24. The average molecular weight is 367 g/mol. The van der Waals surface area contributed by atoms with E-state index in [2.05, 4.69) is 21.9 Å². The third kappa shape index (κ3) is 3.91. The maximum atomic E-state index is 12.4. The van der Waals surface area contributed by atoms with Gasteiger partial charge in [0.15, 0.2) is 5.78 Å². The molecule has 26 heavy (non-hydrogen) atoms. The zero-order valence-electron chi connectivity index (χ0n) is 15.0. The van der Waals surface area contributed by atoms with Gasteiger partial charge in [-0.2, -0.15) is 16.4 Å². The number of aromatic nitrogens is 2. The van der Waals surface area contributed by atoms with Crippen LogP contribution in [0.2, 0.25) is 0 Å². The predicted octanol–water partition coefficient (Wildman–Crippen LogP) is 3.71. The molecule has 0 fully saturated rings. The number of amides is 1. The van der Waals surface area contributed by atoms with Crippen molar-refractivity contribution in [2.75, 3.05) is 0 Å². The van der Waals surface area contributed by atoms with Crippen LogP contribution in [0.15, 0.2) is 47.3 Å². The fourth-order valence-electron chi connectivity index (χ4n) is 2.99. The lowest BCUT2D eigenvalue weighted by molar-refractivity contribution is 0.0939. The molecule has 0 spiro atoms. The molecule has 0 radical (unpaired) electrons. The summed E-state index contributed by atoms with van der Waals surface area (Å²) in [5.74, 6) is -0.138. The summed E-state index contributed by atoms with van der Waals surface area (Å²) in [5, 5.41) is 11.3. The normalized spacial score (nSPS) is 12.0. The fraction of sp³-hybridized carbons (Fsp3) is 0.250. The summed E-state index contributed by atoms with van der Waals surface area (Å²) in [6.45, 7) is 3.52. The number of nitrogens with one attached hydrogen (secondary N) is 1. The summed E-state index contributed by atoms with van der Waals surface area (Å²) in [7, 11) is 1.75. The topological polar surface area (TPSA) is 64.0 Å². The second-order valence-corrected chi connectivity index (χ2v) is 7.15. The van der Waals surface area contributed by atoms with E-state index < -0.39 is 0 Å². The Morgan fingerprint density at radius 3 is 2.58 bits per heavy atom. The number of thiophene rings is 1. The van der Waals surface area contributed by atoms with Crippen molar-refractivity contribution >= 4 is 23.0 Å². The van der Waals surface area contributed by atoms with Gasteiger partial charge >= 0.3 is 0 Å². The summed E-state index contributed by atoms with van der Waals surface area (Å²) in [5.41, 5.74) is 4.03. The van der Waals surface area contributed by atoms with Gasteiger partial charge in [0.05, 0.1) is 6.20 Å². The van der Waals surface area contributed by atoms with Crippen molar-refractivity contribution in [2.24, 2.45) is 7.05 Å². The number of benzene rings is 1. The Balaban J connectivity index is 1.71. The van der Waals surface area contributed by atoms with E-state index in [0.29, 0.717) is 11.3 Å². The van der Waals surface area contributed by atoms with Crippen molar-refractivity contribution in [3.63, 3.8) is 0 Å². The first kappa shape index (κ1) is 18.1. The predicted molar refractivity (Wildman–Crippen MR) is 104 cm³/mol. The Labute approximate surface area is 156 Å². The van der Waals surface area contributed by atoms with E-state index in [1.165, 1.54) is 12.5 Å². The van der Waals surface area contributed by atoms with Gasteiger partial charge in [0.25, 0.3) is 5.91 Å². The minimum atomic E-state index is -0.0998. The third-order valence-electron chi connectivity index (χ3n) is 4.23. The molecule has 0 saturated carbocycles. The van der Waals surface area contributed by atoms with Crippen molar-refractivity contribution in [1.82, 2.24) is 15.1 Å². The molecule has 6 heteroatoms. The molecule has 3 aromatic rings. The maximum Gasteiger partial charge on any atom is 0.251 e. The zero-order valence-corrected chi connectivity index (χ0v) is 15.8. The Morgan fingerprint density at radius 1 is 1.23 bits per heavy atom. The molecule has 0 unspecified atom stereocenters. The molecule has 134 valence electrons. The first-order valence-electron chi connectivity index (χ1n) is 8.41. The Morgan fingerprint density at radius 2 is 1.96 bits per heavy atom. The minimum absolute atomic E-state index is 0.0379. The van der Waals surface area contributed by atoms with Gasteiger partial charge in [0.2, 0.25) is 0 Å². The number of carbonyl (C=O) groups excluding carboxylic acids is 2. The minimum Gasteiger partial charge on any atom is -0.349 e. The highest BCUT2D eigenvalue weighted by Crippen LogP contribution is 2.24. The van der Waals surface area contributed by atoms with Gasteiger partial charge in [-0.15, -0.1) is 0 Å². The van der Waals surface area contributed by atoms with Crippen molar-refractivity contribution in [2.45, 2.75) is 26.3 Å². The number of carbonyl (C=O) groups is 2. The molecule has 1 N–H and O–H groups in total. The first-order chi connectivity index (χ1) is 12.5. The summed E-state index contributed by atoms with van der Waals surface area (Å²) in [6.07, 6.45) is 2.49. The van der Waals surface area contributed by atoms with Crippen molar-refractivity contribution in [3.05, 3.63) is 64.1 Å². The molecule has 1 amide bonds. The Hall–Kier alpha value is -2.73. The van der Waals surface area contributed by atoms with Crippen molar-refractivity contribution in [3.8, 4) is 11.1 Å². The van der Waals surface area contributed by atoms with Gasteiger partial charge in [-0.3, -0.25) is 14.3 Å². The number of ketones is 1. The monoisotopic (exact) mass is 367 g/mol. The summed E-state index contributed by atoms with van der Waals surface area (Å²) >= 11 is 1.66. The molecule has 0 aliphatic rings. The first-order valence-corrected chi connectivity index (χ1v) is 9.35. The van der Waals surface area contributed by atoms with Crippen LogP contribution >= 0.6 is 11.3 Å². The fourth-order valence-corrected chi connectivity index (χ4v) is 3.67. The number of aryl methyl sites for hydroxylation is 1. The van der Waals surface area contributed by atoms with E-state index in [-0.39, 0.29) is 17.7 Å². The van der Waals surface area contributed by atoms with Gasteiger partial charge in [-0.1, -0.05) is 12.1 Å². The molecule has 0 bridgehead atoms. The van der Waals surface area contributed by atoms with Crippen LogP contribution in [-0.2, 0) is 13.5 Å². The van der Waals surface area contributed by atoms with Gasteiger partial charge in [-0.05, 0) is 53.4 Å². The van der Waals surface area contributed by atoms with Gasteiger partial charge < -0.3 is 5.32 Å². The second kappa shape index (κ2) is 7.66. The largest absolute Gasteiger partial charge is 0.349 e. The van der Waals surface area contributed by atoms with Crippen molar-refractivity contribution < 1.29 is 9.59 Å². The molecule has 3 rings (SSSR count). The molecule has 0 saturated heterocycles. The molecule has 1 atom stereocenters. The second-order valence-electron chi connectivity index (χ2n) is 6.37. The van der Waals surface area contributed by atoms with Crippen LogP contribution in [0.4, 0.5) is 0 Å². The lowest BCUT2D eigenvalue weighted by Gasteiger charge is -2.13. The highest BCUT2D eigenvalue weighted by atomic mass is 32.1. The third-order valence-corrected chi connectivity index (χ3v) is 4.96. The molecule has 0 aliphatic carbocycles. The van der Waals surface area contributed by atoms with Crippen LogP contribution < -0.4 is 5.32 Å². The number of hydrogen-bond donors (Lipinski definition) is 1. The number of Topliss-reactive ketones (excluding diaryl/α,β-unsaturated/α-hetero) is 1. The molecular formula is C20H21N3O2S. The van der Waals surface area contributed by atoms with Crippen LogP contribution in [0.1, 0.15) is 40.3 Å². The zero-order chi connectivity index (χ0) is 18.7. The van der Waals surface area contributed by atoms with Gasteiger partial charge in [0.1, 0.15) is 5.69 Å². The molecule has 2 heterocycles. The lowest BCUT2D eigenvalue weighted by atomic mass is 10.0. The van der Waals surface area contributed by atoms with Crippen LogP contribution in [-0.4, -0.2) is 27.5 Å². The van der Waals surface area contributed by atoms with Crippen LogP contribution in [0.5, 0.6) is 0 Å². The summed E-state index contributed by atoms with van der Waals surface area (Å²) in [4.78, 5) is 24.3. The van der Waals surface area contributed by atoms with Crippen LogP contribution in [0.25, 0.3) is 11.1 Å². The van der Waals surface area contributed by atoms with E-state index in [1.807, 2.05) is 24.4 Å². The van der Waals surface area contributed by atoms with E-state index in [9.17, 15) is 9.59 Å². The SMILES string of the molecule is CC(=O)c1c(-c2ccc(C(=O)N[C@H](C)Cc3ccsc3)cc2)cnn1C. The molecule has 1 aromatic carbocycles.